The molecule has 1 nitrogen and oxygen atoms in total. The summed E-state index contributed by atoms with van der Waals surface area (Å²) >= 11 is 6.66. The number of benzene rings is 2. The van der Waals surface area contributed by atoms with E-state index in [0.29, 0.717) is 0 Å². The van der Waals surface area contributed by atoms with Crippen molar-refractivity contribution in [1.82, 2.24) is 4.57 Å². The van der Waals surface area contributed by atoms with Crippen LogP contribution in [0.5, 0.6) is 0 Å². The first-order chi connectivity index (χ1) is 10.7. The van der Waals surface area contributed by atoms with Crippen LogP contribution in [-0.2, 0) is 7.05 Å². The number of hydrogen-bond donors (Lipinski definition) is 0. The van der Waals surface area contributed by atoms with E-state index in [2.05, 4.69) is 54.6 Å². The highest BCUT2D eigenvalue weighted by molar-refractivity contribution is 6.38. The number of unbranched alkanes of at least 4 members (excludes halogenated alkanes) is 1. The number of aryl methyl sites for hydroxylation is 1. The standard InChI is InChI=1S/C20H18ClN/c1-3-4-5-10-15-11-6-7-12-16(15)20-19(21)17-13-8-9-14-18(17)22(20)2/h6-9,11-14H,3-4H2,1-2H3. The molecule has 0 aliphatic heterocycles. The van der Waals surface area contributed by atoms with Crippen molar-refractivity contribution < 1.29 is 0 Å². The van der Waals surface area contributed by atoms with Crippen LogP contribution >= 0.6 is 11.6 Å². The van der Waals surface area contributed by atoms with Gasteiger partial charge in [-0.25, -0.2) is 0 Å². The second-order valence-electron chi connectivity index (χ2n) is 5.34. The highest BCUT2D eigenvalue weighted by Gasteiger charge is 2.16. The highest BCUT2D eigenvalue weighted by Crippen LogP contribution is 2.37. The van der Waals surface area contributed by atoms with E-state index in [0.717, 1.165) is 45.6 Å². The Hall–Kier alpha value is -2.17. The van der Waals surface area contributed by atoms with Gasteiger partial charge in [0.15, 0.2) is 0 Å². The molecule has 0 spiro atoms. The van der Waals surface area contributed by atoms with Crippen LogP contribution < -0.4 is 0 Å². The molecule has 1 heterocycles. The van der Waals surface area contributed by atoms with E-state index in [1.54, 1.807) is 0 Å². The average molecular weight is 308 g/mol. The van der Waals surface area contributed by atoms with Gasteiger partial charge in [0.2, 0.25) is 0 Å². The van der Waals surface area contributed by atoms with Crippen LogP contribution in [0.25, 0.3) is 22.2 Å². The predicted octanol–water partition coefficient (Wildman–Crippen LogP) is 5.65. The minimum absolute atomic E-state index is 0.794. The molecule has 2 aromatic carbocycles. The zero-order valence-corrected chi connectivity index (χ0v) is 13.6. The van der Waals surface area contributed by atoms with Crippen molar-refractivity contribution in [3.05, 3.63) is 59.1 Å². The summed E-state index contributed by atoms with van der Waals surface area (Å²) in [6, 6.07) is 16.4. The quantitative estimate of drug-likeness (QED) is 0.539. The van der Waals surface area contributed by atoms with Crippen molar-refractivity contribution in [1.29, 1.82) is 0 Å². The number of aromatic nitrogens is 1. The number of fused-ring (bicyclic) bond motifs is 1. The maximum absolute atomic E-state index is 6.66. The Balaban J connectivity index is 2.23. The fraction of sp³-hybridized carbons (Fsp3) is 0.200. The molecule has 1 aromatic heterocycles. The molecule has 0 bridgehead atoms. The van der Waals surface area contributed by atoms with Crippen molar-refractivity contribution in [2.24, 2.45) is 7.05 Å². The SMILES string of the molecule is CCCC#Cc1ccccc1-c1c(Cl)c2ccccc2n1C. The van der Waals surface area contributed by atoms with Crippen LogP contribution in [-0.4, -0.2) is 4.57 Å². The van der Waals surface area contributed by atoms with Crippen LogP contribution in [0.3, 0.4) is 0 Å². The lowest BCUT2D eigenvalue weighted by atomic mass is 10.0. The van der Waals surface area contributed by atoms with Gasteiger partial charge in [0.25, 0.3) is 0 Å². The summed E-state index contributed by atoms with van der Waals surface area (Å²) < 4.78 is 2.15. The fourth-order valence-corrected chi connectivity index (χ4v) is 3.12. The number of para-hydroxylation sites is 1. The van der Waals surface area contributed by atoms with Gasteiger partial charge in [-0.2, -0.15) is 0 Å². The van der Waals surface area contributed by atoms with E-state index < -0.39 is 0 Å². The number of rotatable bonds is 2. The lowest BCUT2D eigenvalue weighted by Gasteiger charge is -2.08. The Morgan fingerprint density at radius 2 is 1.77 bits per heavy atom. The number of hydrogen-bond acceptors (Lipinski definition) is 0. The maximum atomic E-state index is 6.66. The molecular weight excluding hydrogens is 290 g/mol. The second kappa shape index (κ2) is 6.30. The molecule has 0 aliphatic carbocycles. The minimum atomic E-state index is 0.794. The van der Waals surface area contributed by atoms with Gasteiger partial charge in [-0.3, -0.25) is 0 Å². The van der Waals surface area contributed by atoms with Crippen molar-refractivity contribution >= 4 is 22.5 Å². The van der Waals surface area contributed by atoms with Crippen molar-refractivity contribution in [3.8, 4) is 23.1 Å². The highest BCUT2D eigenvalue weighted by atomic mass is 35.5. The normalized spacial score (nSPS) is 10.5. The summed E-state index contributed by atoms with van der Waals surface area (Å²) in [5, 5.41) is 1.88. The van der Waals surface area contributed by atoms with Gasteiger partial charge in [-0.15, -0.1) is 0 Å². The first-order valence-corrected chi connectivity index (χ1v) is 7.93. The lowest BCUT2D eigenvalue weighted by molar-refractivity contribution is 0.977. The summed E-state index contributed by atoms with van der Waals surface area (Å²) in [5.74, 6) is 6.52. The Morgan fingerprint density at radius 3 is 2.55 bits per heavy atom. The van der Waals surface area contributed by atoms with E-state index in [1.807, 2.05) is 24.3 Å². The fourth-order valence-electron chi connectivity index (χ4n) is 2.73. The van der Waals surface area contributed by atoms with Gasteiger partial charge >= 0.3 is 0 Å². The molecule has 3 rings (SSSR count). The molecule has 3 aromatic rings. The van der Waals surface area contributed by atoms with Crippen molar-refractivity contribution in [3.63, 3.8) is 0 Å². The van der Waals surface area contributed by atoms with E-state index in [1.165, 1.54) is 0 Å². The largest absolute Gasteiger partial charge is 0.342 e. The molecule has 0 saturated heterocycles. The zero-order chi connectivity index (χ0) is 15.5. The Morgan fingerprint density at radius 1 is 1.05 bits per heavy atom. The third-order valence-corrected chi connectivity index (χ3v) is 4.21. The molecule has 0 amide bonds. The molecule has 0 fully saturated rings. The molecule has 110 valence electrons. The summed E-state index contributed by atoms with van der Waals surface area (Å²) in [6.45, 7) is 2.14. The predicted molar refractivity (Wildman–Crippen MR) is 95.2 cm³/mol. The smallest absolute Gasteiger partial charge is 0.0742 e. The zero-order valence-electron chi connectivity index (χ0n) is 12.9. The Labute approximate surface area is 136 Å². The minimum Gasteiger partial charge on any atom is -0.342 e. The third kappa shape index (κ3) is 2.51. The molecule has 0 N–H and O–H groups in total. The average Bonchev–Trinajstić information content (AvgIpc) is 2.80. The molecule has 0 unspecified atom stereocenters. The van der Waals surface area contributed by atoms with Gasteiger partial charge in [-0.05, 0) is 18.6 Å². The summed E-state index contributed by atoms with van der Waals surface area (Å²) in [5.41, 5.74) is 4.29. The maximum Gasteiger partial charge on any atom is 0.0742 e. The van der Waals surface area contributed by atoms with Crippen LogP contribution in [0.4, 0.5) is 0 Å². The van der Waals surface area contributed by atoms with Crippen molar-refractivity contribution in [2.45, 2.75) is 19.8 Å². The van der Waals surface area contributed by atoms with E-state index in [4.69, 9.17) is 11.6 Å². The van der Waals surface area contributed by atoms with Crippen LogP contribution in [0.2, 0.25) is 5.02 Å². The lowest BCUT2D eigenvalue weighted by Crippen LogP contribution is -1.94. The number of nitrogens with zero attached hydrogens (tertiary/aromatic N) is 1. The van der Waals surface area contributed by atoms with E-state index in [9.17, 15) is 0 Å². The Bertz CT molecular complexity index is 839. The van der Waals surface area contributed by atoms with Gasteiger partial charge in [0, 0.05) is 35.5 Å². The van der Waals surface area contributed by atoms with Crippen LogP contribution in [0.15, 0.2) is 48.5 Å². The molecule has 0 saturated carbocycles. The van der Waals surface area contributed by atoms with Crippen LogP contribution in [0.1, 0.15) is 25.3 Å². The van der Waals surface area contributed by atoms with Gasteiger partial charge < -0.3 is 4.57 Å². The van der Waals surface area contributed by atoms with Crippen LogP contribution in [0, 0.1) is 11.8 Å². The number of halogens is 1. The van der Waals surface area contributed by atoms with Crippen molar-refractivity contribution in [2.75, 3.05) is 0 Å². The first kappa shape index (κ1) is 14.8. The van der Waals surface area contributed by atoms with Gasteiger partial charge in [0.05, 0.1) is 10.7 Å². The summed E-state index contributed by atoms with van der Waals surface area (Å²) in [7, 11) is 2.06. The molecule has 0 radical (unpaired) electrons. The summed E-state index contributed by atoms with van der Waals surface area (Å²) in [4.78, 5) is 0. The molecule has 22 heavy (non-hydrogen) atoms. The van der Waals surface area contributed by atoms with Gasteiger partial charge in [0.1, 0.15) is 0 Å². The first-order valence-electron chi connectivity index (χ1n) is 7.55. The molecule has 0 atom stereocenters. The third-order valence-electron chi connectivity index (χ3n) is 3.83. The molecule has 2 heteroatoms. The monoisotopic (exact) mass is 307 g/mol. The second-order valence-corrected chi connectivity index (χ2v) is 5.71. The summed E-state index contributed by atoms with van der Waals surface area (Å²) in [6.07, 6.45) is 1.99. The van der Waals surface area contributed by atoms with E-state index in [-0.39, 0.29) is 0 Å². The topological polar surface area (TPSA) is 4.93 Å². The van der Waals surface area contributed by atoms with E-state index >= 15 is 0 Å². The Kier molecular flexibility index (Phi) is 4.22. The molecule has 0 aliphatic rings. The van der Waals surface area contributed by atoms with Gasteiger partial charge in [-0.1, -0.05) is 66.8 Å². The molecular formula is C20H18ClN.